The number of anilines is 1. The van der Waals surface area contributed by atoms with Crippen molar-refractivity contribution in [2.75, 3.05) is 39.2 Å². The predicted octanol–water partition coefficient (Wildman–Crippen LogP) is 3.43. The molecule has 0 aliphatic carbocycles. The average Bonchev–Trinajstić information content (AvgIpc) is 2.75. The minimum Gasteiger partial charge on any atom is -0.494 e. The molecule has 0 unspecified atom stereocenters. The Morgan fingerprint density at radius 1 is 1.00 bits per heavy atom. The molecule has 2 aromatic carbocycles. The molecule has 3 aromatic rings. The minimum absolute atomic E-state index is 0.620. The van der Waals surface area contributed by atoms with Crippen molar-refractivity contribution in [3.05, 3.63) is 66.4 Å². The second kappa shape index (κ2) is 10.3. The summed E-state index contributed by atoms with van der Waals surface area (Å²) in [7, 11) is 5.74. The van der Waals surface area contributed by atoms with Crippen LogP contribution in [0.15, 0.2) is 65.7 Å². The molecule has 0 aliphatic heterocycles. The molecule has 0 atom stereocenters. The first-order valence-corrected chi connectivity index (χ1v) is 9.85. The summed E-state index contributed by atoms with van der Waals surface area (Å²) in [6.45, 7) is 2.04. The van der Waals surface area contributed by atoms with Gasteiger partial charge in [-0.3, -0.25) is 4.99 Å². The zero-order valence-corrected chi connectivity index (χ0v) is 17.4. The van der Waals surface area contributed by atoms with E-state index in [1.54, 1.807) is 7.05 Å². The van der Waals surface area contributed by atoms with Gasteiger partial charge >= 0.3 is 0 Å². The molecule has 0 saturated carbocycles. The number of rotatable bonds is 8. The van der Waals surface area contributed by atoms with E-state index in [0.29, 0.717) is 13.2 Å². The van der Waals surface area contributed by atoms with Crippen molar-refractivity contribution in [1.29, 1.82) is 0 Å². The van der Waals surface area contributed by atoms with E-state index in [1.807, 2.05) is 55.4 Å². The van der Waals surface area contributed by atoms with Crippen LogP contribution in [0.3, 0.4) is 0 Å². The third kappa shape index (κ3) is 6.10. The Labute approximate surface area is 172 Å². The highest BCUT2D eigenvalue weighted by Gasteiger charge is 2.02. The van der Waals surface area contributed by atoms with E-state index in [4.69, 9.17) is 4.74 Å². The van der Waals surface area contributed by atoms with Crippen LogP contribution in [0.1, 0.15) is 12.1 Å². The Kier molecular flexibility index (Phi) is 7.28. The second-order valence-corrected chi connectivity index (χ2v) is 6.95. The molecule has 0 saturated heterocycles. The lowest BCUT2D eigenvalue weighted by Crippen LogP contribution is -2.37. The molecule has 0 bridgehead atoms. The average molecular weight is 392 g/mol. The van der Waals surface area contributed by atoms with Crippen molar-refractivity contribution in [1.82, 2.24) is 15.6 Å². The van der Waals surface area contributed by atoms with Gasteiger partial charge in [-0.1, -0.05) is 36.4 Å². The summed E-state index contributed by atoms with van der Waals surface area (Å²) in [5.74, 6) is 2.60. The van der Waals surface area contributed by atoms with Crippen LogP contribution in [0, 0.1) is 0 Å². The summed E-state index contributed by atoms with van der Waals surface area (Å²) in [4.78, 5) is 10.9. The Balaban J connectivity index is 1.39. The molecule has 152 valence electrons. The lowest BCUT2D eigenvalue weighted by Gasteiger charge is -2.14. The fourth-order valence-electron chi connectivity index (χ4n) is 2.94. The highest BCUT2D eigenvalue weighted by atomic mass is 16.5. The summed E-state index contributed by atoms with van der Waals surface area (Å²) in [6, 6.07) is 20.5. The maximum Gasteiger partial charge on any atom is 0.191 e. The minimum atomic E-state index is 0.620. The molecule has 2 N–H and O–H groups in total. The first-order valence-electron chi connectivity index (χ1n) is 9.85. The van der Waals surface area contributed by atoms with Crippen molar-refractivity contribution in [2.45, 2.75) is 13.0 Å². The van der Waals surface area contributed by atoms with Crippen LogP contribution in [0.2, 0.25) is 0 Å². The summed E-state index contributed by atoms with van der Waals surface area (Å²) in [5, 5.41) is 9.03. The molecule has 6 heteroatoms. The highest BCUT2D eigenvalue weighted by Crippen LogP contribution is 2.20. The molecular weight excluding hydrogens is 362 g/mol. The normalized spacial score (nSPS) is 11.3. The molecule has 0 radical (unpaired) electrons. The second-order valence-electron chi connectivity index (χ2n) is 6.95. The van der Waals surface area contributed by atoms with Crippen molar-refractivity contribution in [3.63, 3.8) is 0 Å². The van der Waals surface area contributed by atoms with Crippen LogP contribution >= 0.6 is 0 Å². The van der Waals surface area contributed by atoms with Gasteiger partial charge in [-0.15, -0.1) is 0 Å². The molecule has 0 fully saturated rings. The Morgan fingerprint density at radius 2 is 1.83 bits per heavy atom. The van der Waals surface area contributed by atoms with Gasteiger partial charge in [-0.2, -0.15) is 0 Å². The molecule has 6 nitrogen and oxygen atoms in total. The number of aromatic nitrogens is 1. The number of benzene rings is 2. The number of pyridine rings is 1. The van der Waals surface area contributed by atoms with Gasteiger partial charge in [0.15, 0.2) is 5.96 Å². The van der Waals surface area contributed by atoms with E-state index in [1.165, 1.54) is 10.8 Å². The monoisotopic (exact) mass is 391 g/mol. The maximum atomic E-state index is 5.88. The van der Waals surface area contributed by atoms with Crippen LogP contribution < -0.4 is 20.3 Å². The number of fused-ring (bicyclic) bond motifs is 1. The third-order valence-electron chi connectivity index (χ3n) is 4.51. The molecule has 29 heavy (non-hydrogen) atoms. The quantitative estimate of drug-likeness (QED) is 0.350. The summed E-state index contributed by atoms with van der Waals surface area (Å²) in [6.07, 6.45) is 0.877. The van der Waals surface area contributed by atoms with Gasteiger partial charge in [-0.05, 0) is 41.5 Å². The van der Waals surface area contributed by atoms with Crippen LogP contribution in [0.25, 0.3) is 10.8 Å². The molecule has 1 heterocycles. The molecule has 3 rings (SSSR count). The SMILES string of the molecule is CN=C(NCCCOc1ccc2ccccc2c1)NCc1cccc(N(C)C)n1. The van der Waals surface area contributed by atoms with E-state index in [0.717, 1.165) is 36.2 Å². The lowest BCUT2D eigenvalue weighted by molar-refractivity contribution is 0.311. The first kappa shape index (κ1) is 20.5. The highest BCUT2D eigenvalue weighted by molar-refractivity contribution is 5.83. The van der Waals surface area contributed by atoms with Gasteiger partial charge in [0.1, 0.15) is 11.6 Å². The van der Waals surface area contributed by atoms with E-state index in [9.17, 15) is 0 Å². The van der Waals surface area contributed by atoms with Gasteiger partial charge in [-0.25, -0.2) is 4.98 Å². The molecule has 0 aliphatic rings. The van der Waals surface area contributed by atoms with Gasteiger partial charge in [0.2, 0.25) is 0 Å². The number of guanidine groups is 1. The number of nitrogens with one attached hydrogen (secondary N) is 2. The summed E-state index contributed by atoms with van der Waals surface area (Å²) >= 11 is 0. The van der Waals surface area contributed by atoms with Crippen molar-refractivity contribution in [2.24, 2.45) is 4.99 Å². The number of aliphatic imine (C=N–C) groups is 1. The lowest BCUT2D eigenvalue weighted by atomic mass is 10.1. The first-order chi connectivity index (χ1) is 14.2. The smallest absolute Gasteiger partial charge is 0.191 e. The number of hydrogen-bond donors (Lipinski definition) is 2. The molecule has 0 spiro atoms. The van der Waals surface area contributed by atoms with Gasteiger partial charge in [0.25, 0.3) is 0 Å². The largest absolute Gasteiger partial charge is 0.494 e. The molecule has 0 amide bonds. The fourth-order valence-corrected chi connectivity index (χ4v) is 2.94. The van der Waals surface area contributed by atoms with Crippen LogP contribution in [0.5, 0.6) is 5.75 Å². The van der Waals surface area contributed by atoms with Crippen LogP contribution in [0.4, 0.5) is 5.82 Å². The Hall–Kier alpha value is -3.28. The zero-order chi connectivity index (χ0) is 20.5. The third-order valence-corrected chi connectivity index (χ3v) is 4.51. The van der Waals surface area contributed by atoms with Crippen molar-refractivity contribution >= 4 is 22.5 Å². The molecule has 1 aromatic heterocycles. The zero-order valence-electron chi connectivity index (χ0n) is 17.4. The Bertz CT molecular complexity index is 955. The van der Waals surface area contributed by atoms with Crippen LogP contribution in [-0.4, -0.2) is 45.2 Å². The van der Waals surface area contributed by atoms with E-state index < -0.39 is 0 Å². The molecular formula is C23H29N5O. The van der Waals surface area contributed by atoms with Crippen molar-refractivity contribution in [3.8, 4) is 5.75 Å². The number of ether oxygens (including phenoxy) is 1. The summed E-state index contributed by atoms with van der Waals surface area (Å²) < 4.78 is 5.88. The van der Waals surface area contributed by atoms with Gasteiger partial charge in [0.05, 0.1) is 18.8 Å². The van der Waals surface area contributed by atoms with Crippen LogP contribution in [-0.2, 0) is 6.54 Å². The fraction of sp³-hybridized carbons (Fsp3) is 0.304. The van der Waals surface area contributed by atoms with Crippen molar-refractivity contribution < 1.29 is 4.74 Å². The standard InChI is InChI=1S/C23H29N5O/c1-24-23(26-17-20-10-6-11-22(27-20)28(2)3)25-14-7-15-29-21-13-12-18-8-4-5-9-19(18)16-21/h4-6,8-13,16H,7,14-15,17H2,1-3H3,(H2,24,25,26). The topological polar surface area (TPSA) is 61.8 Å². The van der Waals surface area contributed by atoms with E-state index in [2.05, 4.69) is 44.9 Å². The Morgan fingerprint density at radius 3 is 2.62 bits per heavy atom. The maximum absolute atomic E-state index is 5.88. The van der Waals surface area contributed by atoms with E-state index >= 15 is 0 Å². The van der Waals surface area contributed by atoms with E-state index in [-0.39, 0.29) is 0 Å². The summed E-state index contributed by atoms with van der Waals surface area (Å²) in [5.41, 5.74) is 0.971. The predicted molar refractivity (Wildman–Crippen MR) is 121 cm³/mol. The van der Waals surface area contributed by atoms with Gasteiger partial charge < -0.3 is 20.3 Å². The number of nitrogens with zero attached hydrogens (tertiary/aromatic N) is 3. The van der Waals surface area contributed by atoms with Gasteiger partial charge in [0, 0.05) is 27.7 Å². The number of hydrogen-bond acceptors (Lipinski definition) is 4.